The topological polar surface area (TPSA) is 0 Å². The first-order valence-corrected chi connectivity index (χ1v) is 5.43. The van der Waals surface area contributed by atoms with Gasteiger partial charge in [-0.15, -0.1) is 0 Å². The van der Waals surface area contributed by atoms with Crippen LogP contribution < -0.4 is 17.0 Å². The van der Waals surface area contributed by atoms with Gasteiger partial charge in [0.05, 0.1) is 0 Å². The normalized spacial score (nSPS) is 17.1. The molecule has 0 unspecified atom stereocenters. The van der Waals surface area contributed by atoms with E-state index in [1.165, 1.54) is 44.1 Å². The van der Waals surface area contributed by atoms with Gasteiger partial charge in [0.15, 0.2) is 0 Å². The minimum absolute atomic E-state index is 0. The van der Waals surface area contributed by atoms with Gasteiger partial charge in [-0.2, -0.15) is 35.9 Å². The molecular weight excluding hydrogens is 260 g/mol. The van der Waals surface area contributed by atoms with Crippen LogP contribution in [-0.2, 0) is 0 Å². The van der Waals surface area contributed by atoms with Gasteiger partial charge in [0, 0.05) is 0 Å². The van der Waals surface area contributed by atoms with E-state index in [0.29, 0.717) is 0 Å². The molecule has 15 heavy (non-hydrogen) atoms. The SMILES string of the molecule is [Br-].[Mg+2].[c-]1ccc(C2CCCCCC2)cc1. The van der Waals surface area contributed by atoms with Crippen LogP contribution in [0.25, 0.3) is 0 Å². The smallest absolute Gasteiger partial charge is 1.00 e. The van der Waals surface area contributed by atoms with Crippen molar-refractivity contribution in [3.05, 3.63) is 35.9 Å². The molecule has 0 spiro atoms. The molecule has 2 heteroatoms. The molecule has 0 bridgehead atoms. The molecule has 2 rings (SSSR count). The molecule has 0 amide bonds. The molecule has 1 aromatic carbocycles. The number of hydrogen-bond acceptors (Lipinski definition) is 0. The van der Waals surface area contributed by atoms with Crippen molar-refractivity contribution < 1.29 is 17.0 Å². The van der Waals surface area contributed by atoms with E-state index in [1.807, 2.05) is 12.1 Å². The average Bonchev–Trinajstić information content (AvgIpc) is 2.47. The van der Waals surface area contributed by atoms with Crippen LogP contribution in [0.2, 0.25) is 0 Å². The summed E-state index contributed by atoms with van der Waals surface area (Å²) in [5, 5.41) is 0. The van der Waals surface area contributed by atoms with Gasteiger partial charge in [0.1, 0.15) is 0 Å². The van der Waals surface area contributed by atoms with Crippen LogP contribution in [0.5, 0.6) is 0 Å². The van der Waals surface area contributed by atoms with Gasteiger partial charge in [0.2, 0.25) is 0 Å². The molecule has 1 fully saturated rings. The standard InChI is InChI=1S/C13H17.BrH.Mg/c1-2-5-9-12(8-4-1)13-10-6-3-7-11-13;;/h6-7,10-12H,1-2,4-5,8-9H2;1H;/q-1;;+2/p-1. The Kier molecular flexibility index (Phi) is 8.87. The van der Waals surface area contributed by atoms with Crippen molar-refractivity contribution >= 4 is 23.1 Å². The minimum atomic E-state index is 0. The second-order valence-corrected chi connectivity index (χ2v) is 4.02. The molecule has 0 atom stereocenters. The Bertz CT molecular complexity index is 240. The Hall–Kier alpha value is 0.466. The van der Waals surface area contributed by atoms with Gasteiger partial charge >= 0.3 is 23.1 Å². The van der Waals surface area contributed by atoms with E-state index in [0.717, 1.165) is 5.92 Å². The van der Waals surface area contributed by atoms with Crippen molar-refractivity contribution in [1.29, 1.82) is 0 Å². The van der Waals surface area contributed by atoms with Crippen molar-refractivity contribution in [2.24, 2.45) is 0 Å². The Labute approximate surface area is 120 Å². The predicted molar refractivity (Wildman–Crippen MR) is 61.5 cm³/mol. The summed E-state index contributed by atoms with van der Waals surface area (Å²) in [5.41, 5.74) is 1.53. The first kappa shape index (κ1) is 15.5. The third kappa shape index (κ3) is 4.88. The molecule has 0 aromatic heterocycles. The second-order valence-electron chi connectivity index (χ2n) is 4.02. The van der Waals surface area contributed by atoms with Crippen LogP contribution in [0.1, 0.15) is 50.0 Å². The van der Waals surface area contributed by atoms with Crippen LogP contribution in [0.4, 0.5) is 0 Å². The summed E-state index contributed by atoms with van der Waals surface area (Å²) >= 11 is 0. The van der Waals surface area contributed by atoms with Gasteiger partial charge < -0.3 is 17.0 Å². The zero-order valence-electron chi connectivity index (χ0n) is 9.21. The zero-order chi connectivity index (χ0) is 8.93. The number of rotatable bonds is 1. The van der Waals surface area contributed by atoms with Crippen molar-refractivity contribution in [1.82, 2.24) is 0 Å². The van der Waals surface area contributed by atoms with E-state index in [9.17, 15) is 0 Å². The van der Waals surface area contributed by atoms with Crippen molar-refractivity contribution in [2.75, 3.05) is 0 Å². The number of hydrogen-bond donors (Lipinski definition) is 0. The van der Waals surface area contributed by atoms with Crippen LogP contribution in [0.15, 0.2) is 24.3 Å². The molecule has 0 aliphatic heterocycles. The predicted octanol–water partition coefficient (Wildman–Crippen LogP) is 0.548. The summed E-state index contributed by atoms with van der Waals surface area (Å²) in [6.07, 6.45) is 8.51. The third-order valence-electron chi connectivity index (χ3n) is 3.07. The fourth-order valence-corrected chi connectivity index (χ4v) is 2.28. The Morgan fingerprint density at radius 1 is 0.933 bits per heavy atom. The molecule has 0 heterocycles. The fraction of sp³-hybridized carbons (Fsp3) is 0.538. The summed E-state index contributed by atoms with van der Waals surface area (Å²) in [7, 11) is 0. The summed E-state index contributed by atoms with van der Waals surface area (Å²) in [5.74, 6) is 0.831. The quantitative estimate of drug-likeness (QED) is 0.399. The van der Waals surface area contributed by atoms with Crippen LogP contribution in [-0.4, -0.2) is 23.1 Å². The van der Waals surface area contributed by atoms with Crippen LogP contribution in [0, 0.1) is 6.07 Å². The second kappa shape index (κ2) is 8.60. The van der Waals surface area contributed by atoms with E-state index < -0.39 is 0 Å². The molecule has 0 saturated heterocycles. The maximum Gasteiger partial charge on any atom is 2.00 e. The maximum atomic E-state index is 3.09. The van der Waals surface area contributed by atoms with E-state index in [2.05, 4.69) is 18.2 Å². The molecule has 1 aromatic rings. The Morgan fingerprint density at radius 2 is 1.47 bits per heavy atom. The van der Waals surface area contributed by atoms with Crippen LogP contribution >= 0.6 is 0 Å². The van der Waals surface area contributed by atoms with E-state index in [-0.39, 0.29) is 40.0 Å². The molecule has 1 saturated carbocycles. The Balaban J connectivity index is 0.000000980. The number of halogens is 1. The third-order valence-corrected chi connectivity index (χ3v) is 3.07. The van der Waals surface area contributed by atoms with Crippen LogP contribution in [0.3, 0.4) is 0 Å². The van der Waals surface area contributed by atoms with Gasteiger partial charge in [-0.05, 0) is 18.8 Å². The van der Waals surface area contributed by atoms with E-state index in [1.54, 1.807) is 0 Å². The van der Waals surface area contributed by atoms with E-state index >= 15 is 0 Å². The average molecular weight is 277 g/mol. The monoisotopic (exact) mass is 276 g/mol. The molecule has 1 aliphatic rings. The van der Waals surface area contributed by atoms with Gasteiger partial charge in [-0.25, -0.2) is 0 Å². The van der Waals surface area contributed by atoms with E-state index in [4.69, 9.17) is 0 Å². The molecule has 1 aliphatic carbocycles. The summed E-state index contributed by atoms with van der Waals surface area (Å²) in [4.78, 5) is 0. The first-order valence-electron chi connectivity index (χ1n) is 5.43. The Morgan fingerprint density at radius 3 is 2.00 bits per heavy atom. The molecule has 0 N–H and O–H groups in total. The first-order chi connectivity index (χ1) is 6.47. The maximum absolute atomic E-state index is 3.09. The minimum Gasteiger partial charge on any atom is -1.00 e. The zero-order valence-corrected chi connectivity index (χ0v) is 12.2. The molecule has 78 valence electrons. The molecule has 0 radical (unpaired) electrons. The number of benzene rings is 1. The fourth-order valence-electron chi connectivity index (χ4n) is 2.28. The van der Waals surface area contributed by atoms with Gasteiger partial charge in [0.25, 0.3) is 0 Å². The van der Waals surface area contributed by atoms with Gasteiger partial charge in [-0.3, -0.25) is 0 Å². The van der Waals surface area contributed by atoms with Crippen molar-refractivity contribution in [2.45, 2.75) is 44.4 Å². The molecule has 0 nitrogen and oxygen atoms in total. The van der Waals surface area contributed by atoms with Crippen molar-refractivity contribution in [3.63, 3.8) is 0 Å². The largest absolute Gasteiger partial charge is 2.00 e. The molecular formula is C13H17BrMg. The summed E-state index contributed by atoms with van der Waals surface area (Å²) in [6.45, 7) is 0. The summed E-state index contributed by atoms with van der Waals surface area (Å²) in [6, 6.07) is 11.6. The summed E-state index contributed by atoms with van der Waals surface area (Å²) < 4.78 is 0. The van der Waals surface area contributed by atoms with Crippen molar-refractivity contribution in [3.8, 4) is 0 Å². The van der Waals surface area contributed by atoms with Gasteiger partial charge in [-0.1, -0.05) is 25.7 Å².